The maximum absolute atomic E-state index is 13.3. The third-order valence-electron chi connectivity index (χ3n) is 5.98. The van der Waals surface area contributed by atoms with E-state index in [1.54, 1.807) is 42.3 Å². The zero-order chi connectivity index (χ0) is 22.0. The number of imide groups is 1. The van der Waals surface area contributed by atoms with Crippen LogP contribution in [0.4, 0.5) is 16.2 Å². The molecule has 0 radical (unpaired) electrons. The zero-order valence-corrected chi connectivity index (χ0v) is 17.8. The molecule has 4 amide bonds. The number of nitrogens with one attached hydrogen (secondary N) is 1. The lowest BCUT2D eigenvalue weighted by Crippen LogP contribution is -2.43. The van der Waals surface area contributed by atoms with Gasteiger partial charge in [0.1, 0.15) is 11.8 Å². The van der Waals surface area contributed by atoms with E-state index in [2.05, 4.69) is 5.32 Å². The molecule has 1 aliphatic carbocycles. The lowest BCUT2D eigenvalue weighted by Gasteiger charge is -2.27. The van der Waals surface area contributed by atoms with E-state index in [4.69, 9.17) is 4.74 Å². The molecule has 2 aromatic carbocycles. The van der Waals surface area contributed by atoms with Crippen LogP contribution in [-0.2, 0) is 9.59 Å². The Morgan fingerprint density at radius 1 is 1.10 bits per heavy atom. The largest absolute Gasteiger partial charge is 0.497 e. The van der Waals surface area contributed by atoms with Crippen LogP contribution in [0.5, 0.6) is 5.75 Å². The minimum Gasteiger partial charge on any atom is -0.497 e. The smallest absolute Gasteiger partial charge is 0.332 e. The van der Waals surface area contributed by atoms with Gasteiger partial charge in [0.15, 0.2) is 0 Å². The van der Waals surface area contributed by atoms with E-state index < -0.39 is 6.04 Å². The number of rotatable bonds is 6. The Labute approximate surface area is 182 Å². The van der Waals surface area contributed by atoms with Gasteiger partial charge in [0.05, 0.1) is 19.2 Å². The molecule has 1 heterocycles. The minimum absolute atomic E-state index is 0.00922. The summed E-state index contributed by atoms with van der Waals surface area (Å²) in [5, 5.41) is 2.83. The first-order valence-electron chi connectivity index (χ1n) is 10.6. The van der Waals surface area contributed by atoms with E-state index in [0.29, 0.717) is 17.1 Å². The Morgan fingerprint density at radius 2 is 1.81 bits per heavy atom. The van der Waals surface area contributed by atoms with Crippen LogP contribution in [0, 0.1) is 6.92 Å². The molecule has 7 heteroatoms. The monoisotopic (exact) mass is 421 g/mol. The standard InChI is InChI=1S/C24H27N3O4/c1-16-6-5-9-19(14-16)27-23(29)21(26(24(27)30)18-7-3-4-8-18)15-22(28)25-17-10-12-20(31-2)13-11-17/h5-6,9-14,18,21H,3-4,7-8,15H2,1-2H3,(H,25,28). The average Bonchev–Trinajstić information content (AvgIpc) is 3.35. The Balaban J connectivity index is 1.56. The lowest BCUT2D eigenvalue weighted by molar-refractivity contribution is -0.124. The summed E-state index contributed by atoms with van der Waals surface area (Å²) in [6.07, 6.45) is 3.69. The highest BCUT2D eigenvalue weighted by atomic mass is 16.5. The molecule has 0 bridgehead atoms. The molecule has 2 aromatic rings. The fraction of sp³-hybridized carbons (Fsp3) is 0.375. The van der Waals surface area contributed by atoms with Gasteiger partial charge in [-0.2, -0.15) is 0 Å². The summed E-state index contributed by atoms with van der Waals surface area (Å²) in [5.74, 6) is 0.0496. The van der Waals surface area contributed by atoms with Crippen molar-refractivity contribution < 1.29 is 19.1 Å². The molecule has 1 saturated heterocycles. The first kappa shape index (κ1) is 20.9. The van der Waals surface area contributed by atoms with Crippen molar-refractivity contribution in [1.29, 1.82) is 0 Å². The first-order valence-corrected chi connectivity index (χ1v) is 10.6. The van der Waals surface area contributed by atoms with Crippen molar-refractivity contribution in [1.82, 2.24) is 4.90 Å². The van der Waals surface area contributed by atoms with E-state index in [1.807, 2.05) is 25.1 Å². The van der Waals surface area contributed by atoms with Crippen LogP contribution in [0.1, 0.15) is 37.7 Å². The van der Waals surface area contributed by atoms with E-state index in [9.17, 15) is 14.4 Å². The number of carbonyl (C=O) groups excluding carboxylic acids is 3. The number of hydrogen-bond acceptors (Lipinski definition) is 4. The van der Waals surface area contributed by atoms with Gasteiger partial charge in [0.25, 0.3) is 5.91 Å². The van der Waals surface area contributed by atoms with Crippen LogP contribution in [0.2, 0.25) is 0 Å². The second-order valence-electron chi connectivity index (χ2n) is 8.14. The van der Waals surface area contributed by atoms with Gasteiger partial charge in [-0.15, -0.1) is 0 Å². The normalized spacial score (nSPS) is 19.2. The fourth-order valence-corrected chi connectivity index (χ4v) is 4.46. The van der Waals surface area contributed by atoms with E-state index in [-0.39, 0.29) is 30.3 Å². The number of carbonyl (C=O) groups is 3. The van der Waals surface area contributed by atoms with Gasteiger partial charge in [-0.05, 0) is 61.7 Å². The van der Waals surface area contributed by atoms with Crippen molar-refractivity contribution >= 4 is 29.2 Å². The van der Waals surface area contributed by atoms with Crippen molar-refractivity contribution in [3.05, 3.63) is 54.1 Å². The summed E-state index contributed by atoms with van der Waals surface area (Å²) in [6, 6.07) is 13.2. The van der Waals surface area contributed by atoms with E-state index in [1.165, 1.54) is 4.90 Å². The van der Waals surface area contributed by atoms with Crippen molar-refractivity contribution in [3.63, 3.8) is 0 Å². The van der Waals surface area contributed by atoms with Crippen LogP contribution in [0.25, 0.3) is 0 Å². The number of ether oxygens (including phenoxy) is 1. The third-order valence-corrected chi connectivity index (χ3v) is 5.98. The Morgan fingerprint density at radius 3 is 2.45 bits per heavy atom. The van der Waals surface area contributed by atoms with Crippen LogP contribution in [-0.4, -0.2) is 41.9 Å². The number of methoxy groups -OCH3 is 1. The van der Waals surface area contributed by atoms with Gasteiger partial charge in [-0.25, -0.2) is 9.69 Å². The highest BCUT2D eigenvalue weighted by Crippen LogP contribution is 2.34. The number of anilines is 2. The molecule has 1 unspecified atom stereocenters. The van der Waals surface area contributed by atoms with E-state index in [0.717, 1.165) is 31.2 Å². The Bertz CT molecular complexity index is 983. The average molecular weight is 421 g/mol. The molecular weight excluding hydrogens is 394 g/mol. The topological polar surface area (TPSA) is 79.0 Å². The first-order chi connectivity index (χ1) is 15.0. The summed E-state index contributed by atoms with van der Waals surface area (Å²) in [4.78, 5) is 42.3. The van der Waals surface area contributed by atoms with Crippen LogP contribution < -0.4 is 15.0 Å². The molecule has 1 aliphatic heterocycles. The molecule has 2 fully saturated rings. The summed E-state index contributed by atoms with van der Waals surface area (Å²) in [6.45, 7) is 1.92. The molecular formula is C24H27N3O4. The van der Waals surface area contributed by atoms with Gasteiger partial charge in [-0.3, -0.25) is 9.59 Å². The summed E-state index contributed by atoms with van der Waals surface area (Å²) >= 11 is 0. The molecule has 1 N–H and O–H groups in total. The molecule has 0 spiro atoms. The van der Waals surface area contributed by atoms with Crippen LogP contribution >= 0.6 is 0 Å². The van der Waals surface area contributed by atoms with Gasteiger partial charge >= 0.3 is 6.03 Å². The number of urea groups is 1. The lowest BCUT2D eigenvalue weighted by atomic mass is 10.1. The van der Waals surface area contributed by atoms with Gasteiger partial charge in [-0.1, -0.05) is 25.0 Å². The molecule has 1 saturated carbocycles. The molecule has 162 valence electrons. The molecule has 4 rings (SSSR count). The molecule has 0 aromatic heterocycles. The van der Waals surface area contributed by atoms with Crippen molar-refractivity contribution in [2.45, 2.75) is 51.1 Å². The number of aryl methyl sites for hydroxylation is 1. The molecule has 31 heavy (non-hydrogen) atoms. The predicted octanol–water partition coefficient (Wildman–Crippen LogP) is 4.11. The van der Waals surface area contributed by atoms with Crippen molar-refractivity contribution in [2.75, 3.05) is 17.3 Å². The van der Waals surface area contributed by atoms with Crippen LogP contribution in [0.15, 0.2) is 48.5 Å². The predicted molar refractivity (Wildman–Crippen MR) is 118 cm³/mol. The van der Waals surface area contributed by atoms with Crippen molar-refractivity contribution in [2.24, 2.45) is 0 Å². The van der Waals surface area contributed by atoms with Gasteiger partial charge in [0.2, 0.25) is 5.91 Å². The highest BCUT2D eigenvalue weighted by molar-refractivity contribution is 6.22. The van der Waals surface area contributed by atoms with Gasteiger partial charge < -0.3 is 15.0 Å². The quantitative estimate of drug-likeness (QED) is 0.712. The summed E-state index contributed by atoms with van der Waals surface area (Å²) < 4.78 is 5.13. The SMILES string of the molecule is COc1ccc(NC(=O)CC2C(=O)N(c3cccc(C)c3)C(=O)N2C2CCCC2)cc1. The van der Waals surface area contributed by atoms with Gasteiger partial charge in [0, 0.05) is 11.7 Å². The fourth-order valence-electron chi connectivity index (χ4n) is 4.46. The molecule has 2 aliphatic rings. The second-order valence-corrected chi connectivity index (χ2v) is 8.14. The number of nitrogens with zero attached hydrogens (tertiary/aromatic N) is 2. The number of benzene rings is 2. The maximum atomic E-state index is 13.3. The number of hydrogen-bond donors (Lipinski definition) is 1. The summed E-state index contributed by atoms with van der Waals surface area (Å²) in [5.41, 5.74) is 2.13. The Hall–Kier alpha value is -3.35. The molecule has 1 atom stereocenters. The minimum atomic E-state index is -0.797. The van der Waals surface area contributed by atoms with Crippen LogP contribution in [0.3, 0.4) is 0 Å². The molecule has 7 nitrogen and oxygen atoms in total. The summed E-state index contributed by atoms with van der Waals surface area (Å²) in [7, 11) is 1.58. The third kappa shape index (κ3) is 4.26. The Kier molecular flexibility index (Phi) is 5.93. The number of amides is 4. The maximum Gasteiger partial charge on any atom is 0.332 e. The highest BCUT2D eigenvalue weighted by Gasteiger charge is 2.49. The van der Waals surface area contributed by atoms with Crippen molar-refractivity contribution in [3.8, 4) is 5.75 Å². The van der Waals surface area contributed by atoms with E-state index >= 15 is 0 Å². The zero-order valence-electron chi connectivity index (χ0n) is 17.8. The second kappa shape index (κ2) is 8.79.